The van der Waals surface area contributed by atoms with Crippen LogP contribution < -0.4 is 24.8 Å². The Labute approximate surface area is 144 Å². The maximum absolute atomic E-state index is 12.5. The largest absolute Gasteiger partial charge is 0.497 e. The van der Waals surface area contributed by atoms with Crippen LogP contribution in [0.3, 0.4) is 0 Å². The number of carbonyl (C=O) groups excluding carboxylic acids is 2. The molecular formula is C18H18N2O5. The van der Waals surface area contributed by atoms with Gasteiger partial charge in [0.1, 0.15) is 17.2 Å². The summed E-state index contributed by atoms with van der Waals surface area (Å²) in [5.41, 5.74) is 1.44. The maximum Gasteiger partial charge on any atom is 0.265 e. The average Bonchev–Trinajstić information content (AvgIpc) is 2.62. The SMILES string of the molecule is COc1cc(OC)cc(C(=O)Nc2ccc3c(c2)NC(=O)C(C)O3)c1. The quantitative estimate of drug-likeness (QED) is 0.892. The molecular weight excluding hydrogens is 324 g/mol. The summed E-state index contributed by atoms with van der Waals surface area (Å²) in [6.07, 6.45) is -0.544. The van der Waals surface area contributed by atoms with Crippen LogP contribution in [-0.4, -0.2) is 32.1 Å². The Morgan fingerprint density at radius 3 is 2.44 bits per heavy atom. The van der Waals surface area contributed by atoms with Crippen LogP contribution in [0.2, 0.25) is 0 Å². The van der Waals surface area contributed by atoms with E-state index in [4.69, 9.17) is 14.2 Å². The van der Waals surface area contributed by atoms with Gasteiger partial charge in [0.2, 0.25) is 0 Å². The van der Waals surface area contributed by atoms with E-state index in [1.54, 1.807) is 43.3 Å². The highest BCUT2D eigenvalue weighted by atomic mass is 16.5. The van der Waals surface area contributed by atoms with E-state index in [1.165, 1.54) is 14.2 Å². The number of rotatable bonds is 4. The van der Waals surface area contributed by atoms with E-state index in [1.807, 2.05) is 0 Å². The zero-order valence-electron chi connectivity index (χ0n) is 14.1. The van der Waals surface area contributed by atoms with Gasteiger partial charge in [0.15, 0.2) is 6.10 Å². The molecule has 130 valence electrons. The van der Waals surface area contributed by atoms with Gasteiger partial charge in [0.25, 0.3) is 11.8 Å². The second kappa shape index (κ2) is 6.72. The standard InChI is InChI=1S/C18H18N2O5/c1-10-17(21)20-15-8-12(4-5-16(15)25-10)19-18(22)11-6-13(23-2)9-14(7-11)24-3/h4-10H,1-3H3,(H,19,22)(H,20,21). The van der Waals surface area contributed by atoms with Crippen LogP contribution in [0.5, 0.6) is 17.2 Å². The van der Waals surface area contributed by atoms with Crippen LogP contribution in [0.1, 0.15) is 17.3 Å². The molecule has 2 amide bonds. The lowest BCUT2D eigenvalue weighted by molar-refractivity contribution is -0.122. The normalized spacial score (nSPS) is 15.5. The van der Waals surface area contributed by atoms with Gasteiger partial charge in [0, 0.05) is 17.3 Å². The number of nitrogens with one attached hydrogen (secondary N) is 2. The molecule has 0 bridgehead atoms. The summed E-state index contributed by atoms with van der Waals surface area (Å²) in [6.45, 7) is 1.67. The lowest BCUT2D eigenvalue weighted by Crippen LogP contribution is -2.34. The molecule has 3 rings (SSSR count). The minimum Gasteiger partial charge on any atom is -0.497 e. The topological polar surface area (TPSA) is 85.9 Å². The van der Waals surface area contributed by atoms with Crippen LogP contribution in [0.25, 0.3) is 0 Å². The van der Waals surface area contributed by atoms with Crippen molar-refractivity contribution >= 4 is 23.2 Å². The van der Waals surface area contributed by atoms with Crippen molar-refractivity contribution in [2.75, 3.05) is 24.9 Å². The monoisotopic (exact) mass is 342 g/mol. The Morgan fingerprint density at radius 2 is 1.80 bits per heavy atom. The summed E-state index contributed by atoms with van der Waals surface area (Å²) < 4.78 is 15.8. The summed E-state index contributed by atoms with van der Waals surface area (Å²) in [5.74, 6) is 1.05. The Kier molecular flexibility index (Phi) is 4.47. The second-order valence-electron chi connectivity index (χ2n) is 5.52. The van der Waals surface area contributed by atoms with Gasteiger partial charge in [-0.3, -0.25) is 9.59 Å². The summed E-state index contributed by atoms with van der Waals surface area (Å²) in [7, 11) is 3.03. The predicted octanol–water partition coefficient (Wildman–Crippen LogP) is 2.68. The molecule has 1 aliphatic rings. The van der Waals surface area contributed by atoms with Gasteiger partial charge in [-0.1, -0.05) is 0 Å². The first kappa shape index (κ1) is 16.6. The summed E-state index contributed by atoms with van der Waals surface area (Å²) in [6, 6.07) is 9.97. The molecule has 0 saturated heterocycles. The fourth-order valence-electron chi connectivity index (χ4n) is 2.43. The van der Waals surface area contributed by atoms with Crippen molar-refractivity contribution in [2.45, 2.75) is 13.0 Å². The second-order valence-corrected chi connectivity index (χ2v) is 5.52. The molecule has 7 heteroatoms. The van der Waals surface area contributed by atoms with Crippen LogP contribution >= 0.6 is 0 Å². The molecule has 2 N–H and O–H groups in total. The van der Waals surface area contributed by atoms with Crippen molar-refractivity contribution in [3.8, 4) is 17.2 Å². The van der Waals surface area contributed by atoms with E-state index >= 15 is 0 Å². The van der Waals surface area contributed by atoms with Crippen LogP contribution in [-0.2, 0) is 4.79 Å². The van der Waals surface area contributed by atoms with Gasteiger partial charge in [-0.15, -0.1) is 0 Å². The number of fused-ring (bicyclic) bond motifs is 1. The smallest absolute Gasteiger partial charge is 0.265 e. The highest BCUT2D eigenvalue weighted by Crippen LogP contribution is 2.32. The molecule has 7 nitrogen and oxygen atoms in total. The minimum absolute atomic E-state index is 0.228. The number of hydrogen-bond donors (Lipinski definition) is 2. The average molecular weight is 342 g/mol. The zero-order chi connectivity index (χ0) is 18.0. The lowest BCUT2D eigenvalue weighted by Gasteiger charge is -2.23. The van der Waals surface area contributed by atoms with Gasteiger partial charge >= 0.3 is 0 Å². The molecule has 2 aromatic carbocycles. The van der Waals surface area contributed by atoms with Crippen molar-refractivity contribution < 1.29 is 23.8 Å². The van der Waals surface area contributed by atoms with E-state index in [9.17, 15) is 9.59 Å². The van der Waals surface area contributed by atoms with Crippen molar-refractivity contribution in [3.05, 3.63) is 42.0 Å². The molecule has 0 aliphatic carbocycles. The van der Waals surface area contributed by atoms with Gasteiger partial charge < -0.3 is 24.8 Å². The Hall–Kier alpha value is -3.22. The lowest BCUT2D eigenvalue weighted by atomic mass is 10.1. The van der Waals surface area contributed by atoms with E-state index in [0.717, 1.165) is 0 Å². The van der Waals surface area contributed by atoms with Crippen LogP contribution in [0.4, 0.5) is 11.4 Å². The summed E-state index contributed by atoms with van der Waals surface area (Å²) in [5, 5.41) is 5.52. The summed E-state index contributed by atoms with van der Waals surface area (Å²) >= 11 is 0. The first-order chi connectivity index (χ1) is 12.0. The Morgan fingerprint density at radius 1 is 1.12 bits per heavy atom. The van der Waals surface area contributed by atoms with E-state index in [2.05, 4.69) is 10.6 Å². The predicted molar refractivity (Wildman–Crippen MR) is 92.7 cm³/mol. The first-order valence-corrected chi connectivity index (χ1v) is 7.66. The fourth-order valence-corrected chi connectivity index (χ4v) is 2.43. The number of ether oxygens (including phenoxy) is 3. The number of amides is 2. The highest BCUT2D eigenvalue weighted by molar-refractivity contribution is 6.05. The van der Waals surface area contributed by atoms with E-state index < -0.39 is 6.10 Å². The highest BCUT2D eigenvalue weighted by Gasteiger charge is 2.23. The van der Waals surface area contributed by atoms with Gasteiger partial charge in [-0.25, -0.2) is 0 Å². The van der Waals surface area contributed by atoms with Gasteiger partial charge in [-0.05, 0) is 37.3 Å². The zero-order valence-corrected chi connectivity index (χ0v) is 14.1. The van der Waals surface area contributed by atoms with Crippen molar-refractivity contribution in [1.82, 2.24) is 0 Å². The van der Waals surface area contributed by atoms with Crippen LogP contribution in [0, 0.1) is 0 Å². The third kappa shape index (κ3) is 3.50. The number of carbonyl (C=O) groups is 2. The van der Waals surface area contributed by atoms with E-state index in [0.29, 0.717) is 34.2 Å². The van der Waals surface area contributed by atoms with Crippen molar-refractivity contribution in [2.24, 2.45) is 0 Å². The number of methoxy groups -OCH3 is 2. The van der Waals surface area contributed by atoms with Gasteiger partial charge in [0.05, 0.1) is 19.9 Å². The molecule has 2 aromatic rings. The number of anilines is 2. The van der Waals surface area contributed by atoms with Gasteiger partial charge in [-0.2, -0.15) is 0 Å². The summed E-state index contributed by atoms with van der Waals surface area (Å²) in [4.78, 5) is 24.2. The molecule has 1 unspecified atom stereocenters. The molecule has 25 heavy (non-hydrogen) atoms. The third-order valence-electron chi connectivity index (χ3n) is 3.78. The molecule has 0 radical (unpaired) electrons. The Bertz CT molecular complexity index is 812. The molecule has 1 heterocycles. The third-order valence-corrected chi connectivity index (χ3v) is 3.78. The van der Waals surface area contributed by atoms with E-state index in [-0.39, 0.29) is 11.8 Å². The molecule has 0 aromatic heterocycles. The molecule has 1 atom stereocenters. The van der Waals surface area contributed by atoms with Crippen LogP contribution in [0.15, 0.2) is 36.4 Å². The molecule has 1 aliphatic heterocycles. The number of benzene rings is 2. The van der Waals surface area contributed by atoms with Crippen molar-refractivity contribution in [1.29, 1.82) is 0 Å². The molecule has 0 saturated carbocycles. The Balaban J connectivity index is 1.82. The van der Waals surface area contributed by atoms with Crippen molar-refractivity contribution in [3.63, 3.8) is 0 Å². The first-order valence-electron chi connectivity index (χ1n) is 7.66. The maximum atomic E-state index is 12.5. The minimum atomic E-state index is -0.544. The fraction of sp³-hybridized carbons (Fsp3) is 0.222. The molecule has 0 fully saturated rings. The number of hydrogen-bond acceptors (Lipinski definition) is 5. The molecule has 0 spiro atoms.